The number of halogens is 3. The molecule has 3 aromatic rings. The molecule has 0 saturated heterocycles. The maximum absolute atomic E-state index is 13.0. The van der Waals surface area contributed by atoms with E-state index in [0.29, 0.717) is 22.5 Å². The highest BCUT2D eigenvalue weighted by Gasteiger charge is 2.40. The van der Waals surface area contributed by atoms with E-state index in [1.807, 2.05) is 0 Å². The Balaban J connectivity index is 1.46. The van der Waals surface area contributed by atoms with Crippen LogP contribution in [0.5, 0.6) is 0 Å². The number of rotatable bonds is 7. The van der Waals surface area contributed by atoms with Crippen molar-refractivity contribution in [2.24, 2.45) is 0 Å². The SMILES string of the molecule is CC(C)OC(=O)c1cccc(NC(=O)c2ccc(NC3=C(Cl)C(=O)N(c4cccc(Cl)c4Cl)C3=O)cc2)c1. The van der Waals surface area contributed by atoms with E-state index in [9.17, 15) is 19.2 Å². The molecule has 0 saturated carbocycles. The van der Waals surface area contributed by atoms with Gasteiger partial charge < -0.3 is 15.4 Å². The molecule has 1 aliphatic heterocycles. The van der Waals surface area contributed by atoms with Crippen LogP contribution in [0.15, 0.2) is 77.5 Å². The molecule has 0 atom stereocenters. The maximum Gasteiger partial charge on any atom is 0.338 e. The van der Waals surface area contributed by atoms with Crippen LogP contribution in [0.25, 0.3) is 0 Å². The van der Waals surface area contributed by atoms with E-state index in [-0.39, 0.29) is 32.6 Å². The number of carbonyl (C=O) groups excluding carboxylic acids is 4. The van der Waals surface area contributed by atoms with Crippen molar-refractivity contribution in [1.82, 2.24) is 0 Å². The lowest BCUT2D eigenvalue weighted by Gasteiger charge is -2.17. The van der Waals surface area contributed by atoms with Crippen LogP contribution in [0.1, 0.15) is 34.6 Å². The first-order chi connectivity index (χ1) is 18.1. The molecule has 0 bridgehead atoms. The van der Waals surface area contributed by atoms with Gasteiger partial charge in [-0.1, -0.05) is 46.9 Å². The molecule has 1 heterocycles. The summed E-state index contributed by atoms with van der Waals surface area (Å²) in [6, 6.07) is 17.1. The van der Waals surface area contributed by atoms with E-state index < -0.39 is 23.7 Å². The lowest BCUT2D eigenvalue weighted by molar-refractivity contribution is -0.120. The summed E-state index contributed by atoms with van der Waals surface area (Å²) >= 11 is 18.4. The van der Waals surface area contributed by atoms with Gasteiger partial charge in [-0.25, -0.2) is 9.69 Å². The van der Waals surface area contributed by atoms with Gasteiger partial charge in [0.25, 0.3) is 17.7 Å². The molecule has 4 rings (SSSR count). The molecule has 11 heteroatoms. The molecule has 0 unspecified atom stereocenters. The van der Waals surface area contributed by atoms with Crippen molar-refractivity contribution in [1.29, 1.82) is 0 Å². The fourth-order valence-corrected chi connectivity index (χ4v) is 4.15. The standard InChI is InChI=1S/C27H20Cl3N3O5/c1-14(2)38-27(37)16-5-3-6-18(13-16)32-24(34)15-9-11-17(12-10-15)31-23-22(30)25(35)33(26(23)36)20-8-4-7-19(28)21(20)29/h3-14,31H,1-2H3,(H,32,34). The predicted molar refractivity (Wildman–Crippen MR) is 147 cm³/mol. The topological polar surface area (TPSA) is 105 Å². The van der Waals surface area contributed by atoms with Gasteiger partial charge in [-0.15, -0.1) is 0 Å². The fraction of sp³-hybridized carbons (Fsp3) is 0.111. The minimum atomic E-state index is -0.751. The van der Waals surface area contributed by atoms with Crippen molar-refractivity contribution < 1.29 is 23.9 Å². The van der Waals surface area contributed by atoms with Crippen molar-refractivity contribution in [3.8, 4) is 0 Å². The smallest absolute Gasteiger partial charge is 0.338 e. The second kappa shape index (κ2) is 11.3. The van der Waals surface area contributed by atoms with E-state index in [1.165, 1.54) is 30.3 Å². The number of hydrogen-bond donors (Lipinski definition) is 2. The van der Waals surface area contributed by atoms with Gasteiger partial charge in [0.05, 0.1) is 27.4 Å². The summed E-state index contributed by atoms with van der Waals surface area (Å²) in [5.74, 6) is -2.37. The fourth-order valence-electron chi connectivity index (χ4n) is 3.55. The van der Waals surface area contributed by atoms with Gasteiger partial charge in [0.1, 0.15) is 10.7 Å². The molecular formula is C27H20Cl3N3O5. The number of hydrogen-bond acceptors (Lipinski definition) is 6. The number of esters is 1. The number of imide groups is 1. The Kier molecular flexibility index (Phi) is 8.06. The first-order valence-corrected chi connectivity index (χ1v) is 12.4. The largest absolute Gasteiger partial charge is 0.459 e. The van der Waals surface area contributed by atoms with Crippen LogP contribution in [-0.4, -0.2) is 29.8 Å². The van der Waals surface area contributed by atoms with Crippen LogP contribution in [0.2, 0.25) is 10.0 Å². The van der Waals surface area contributed by atoms with Crippen LogP contribution in [0.3, 0.4) is 0 Å². The Hall–Kier alpha value is -3.85. The zero-order valence-corrected chi connectivity index (χ0v) is 22.3. The average Bonchev–Trinajstić information content (AvgIpc) is 3.09. The Morgan fingerprint density at radius 2 is 1.53 bits per heavy atom. The molecule has 194 valence electrons. The zero-order chi connectivity index (χ0) is 27.6. The van der Waals surface area contributed by atoms with E-state index in [4.69, 9.17) is 39.5 Å². The van der Waals surface area contributed by atoms with Crippen molar-refractivity contribution in [3.63, 3.8) is 0 Å². The normalized spacial score (nSPS) is 13.3. The lowest BCUT2D eigenvalue weighted by Crippen LogP contribution is -2.32. The number of nitrogens with zero attached hydrogens (tertiary/aromatic N) is 1. The molecule has 1 aliphatic rings. The summed E-state index contributed by atoms with van der Waals surface area (Å²) < 4.78 is 5.18. The van der Waals surface area contributed by atoms with Crippen molar-refractivity contribution in [2.45, 2.75) is 20.0 Å². The number of ether oxygens (including phenoxy) is 1. The third-order valence-corrected chi connectivity index (χ3v) is 6.47. The van der Waals surface area contributed by atoms with Crippen LogP contribution in [0.4, 0.5) is 17.1 Å². The highest BCUT2D eigenvalue weighted by molar-refractivity contribution is 6.54. The third-order valence-electron chi connectivity index (χ3n) is 5.31. The number of benzene rings is 3. The van der Waals surface area contributed by atoms with Gasteiger partial charge in [-0.2, -0.15) is 0 Å². The highest BCUT2D eigenvalue weighted by Crippen LogP contribution is 2.37. The average molecular weight is 573 g/mol. The summed E-state index contributed by atoms with van der Waals surface area (Å²) in [7, 11) is 0. The Bertz CT molecular complexity index is 1490. The molecule has 3 aromatic carbocycles. The molecule has 0 aromatic heterocycles. The van der Waals surface area contributed by atoms with Crippen molar-refractivity contribution >= 4 is 75.6 Å². The maximum atomic E-state index is 13.0. The van der Waals surface area contributed by atoms with Crippen LogP contribution < -0.4 is 15.5 Å². The summed E-state index contributed by atoms with van der Waals surface area (Å²) in [5.41, 5.74) is 1.42. The van der Waals surface area contributed by atoms with Gasteiger partial charge in [0.15, 0.2) is 0 Å². The highest BCUT2D eigenvalue weighted by atomic mass is 35.5. The Morgan fingerprint density at radius 3 is 2.21 bits per heavy atom. The van der Waals surface area contributed by atoms with Crippen molar-refractivity contribution in [3.05, 3.63) is 98.6 Å². The number of carbonyl (C=O) groups is 4. The minimum absolute atomic E-state index is 0.0410. The summed E-state index contributed by atoms with van der Waals surface area (Å²) in [6.45, 7) is 3.50. The number of nitrogens with one attached hydrogen (secondary N) is 2. The van der Waals surface area contributed by atoms with Crippen LogP contribution >= 0.6 is 34.8 Å². The zero-order valence-electron chi connectivity index (χ0n) is 20.1. The molecule has 3 amide bonds. The van der Waals surface area contributed by atoms with Gasteiger partial charge in [-0.3, -0.25) is 14.4 Å². The van der Waals surface area contributed by atoms with Gasteiger partial charge in [-0.05, 0) is 68.4 Å². The third kappa shape index (κ3) is 5.67. The summed E-state index contributed by atoms with van der Waals surface area (Å²) in [6.07, 6.45) is -0.270. The second-order valence-corrected chi connectivity index (χ2v) is 9.56. The number of anilines is 3. The van der Waals surface area contributed by atoms with Crippen LogP contribution in [-0.2, 0) is 14.3 Å². The summed E-state index contributed by atoms with van der Waals surface area (Å²) in [5, 5.41) is 5.46. The molecular weight excluding hydrogens is 553 g/mol. The molecule has 38 heavy (non-hydrogen) atoms. The van der Waals surface area contributed by atoms with Gasteiger partial charge in [0.2, 0.25) is 0 Å². The van der Waals surface area contributed by atoms with Crippen LogP contribution in [0, 0.1) is 0 Å². The van der Waals surface area contributed by atoms with E-state index in [0.717, 1.165) is 4.90 Å². The van der Waals surface area contributed by atoms with E-state index in [2.05, 4.69) is 10.6 Å². The first-order valence-electron chi connectivity index (χ1n) is 11.3. The summed E-state index contributed by atoms with van der Waals surface area (Å²) in [4.78, 5) is 51.4. The molecule has 8 nitrogen and oxygen atoms in total. The molecule has 0 aliphatic carbocycles. The van der Waals surface area contributed by atoms with E-state index in [1.54, 1.807) is 50.2 Å². The molecule has 0 fully saturated rings. The Morgan fingerprint density at radius 1 is 0.842 bits per heavy atom. The monoisotopic (exact) mass is 571 g/mol. The first kappa shape index (κ1) is 27.2. The Labute approximate surface area is 233 Å². The quantitative estimate of drug-likeness (QED) is 0.256. The number of amides is 3. The molecule has 0 spiro atoms. The van der Waals surface area contributed by atoms with Gasteiger partial charge in [0, 0.05) is 16.9 Å². The molecule has 2 N–H and O–H groups in total. The van der Waals surface area contributed by atoms with Crippen molar-refractivity contribution in [2.75, 3.05) is 15.5 Å². The minimum Gasteiger partial charge on any atom is -0.459 e. The van der Waals surface area contributed by atoms with E-state index >= 15 is 0 Å². The molecule has 0 radical (unpaired) electrons. The second-order valence-electron chi connectivity index (χ2n) is 8.40. The van der Waals surface area contributed by atoms with Gasteiger partial charge >= 0.3 is 5.97 Å². The predicted octanol–water partition coefficient (Wildman–Crippen LogP) is 6.25. The lowest BCUT2D eigenvalue weighted by atomic mass is 10.1.